The van der Waals surface area contributed by atoms with Crippen LogP contribution in [0.4, 0.5) is 5.69 Å². The number of hydrogen-bond donors (Lipinski definition) is 1. The summed E-state index contributed by atoms with van der Waals surface area (Å²) in [6.45, 7) is 4.32. The second-order valence-electron chi connectivity index (χ2n) is 5.28. The van der Waals surface area contributed by atoms with Gasteiger partial charge in [-0.15, -0.1) is 0 Å². The highest BCUT2D eigenvalue weighted by molar-refractivity contribution is 6.31. The Balaban J connectivity index is 2.24. The maximum Gasteiger partial charge on any atom is 0.254 e. The third kappa shape index (κ3) is 3.37. The SMILES string of the molecule is Cc1cc(C)c(C(=O)N(C)Cc2ccccc2Cl)cc1N. The topological polar surface area (TPSA) is 46.3 Å². The molecule has 0 bridgehead atoms. The summed E-state index contributed by atoms with van der Waals surface area (Å²) in [5, 5.41) is 0.664. The fraction of sp³-hybridized carbons (Fsp3) is 0.235. The number of nitrogens with zero attached hydrogens (tertiary/aromatic N) is 1. The van der Waals surface area contributed by atoms with Crippen molar-refractivity contribution in [2.75, 3.05) is 12.8 Å². The first kappa shape index (κ1) is 15.4. The minimum atomic E-state index is -0.0564. The van der Waals surface area contributed by atoms with E-state index in [1.807, 2.05) is 44.2 Å². The van der Waals surface area contributed by atoms with Crippen LogP contribution >= 0.6 is 11.6 Å². The zero-order valence-electron chi connectivity index (χ0n) is 12.5. The molecule has 0 aliphatic carbocycles. The molecule has 0 atom stereocenters. The first-order valence-electron chi connectivity index (χ1n) is 6.75. The minimum absolute atomic E-state index is 0.0564. The van der Waals surface area contributed by atoms with Crippen LogP contribution in [0.3, 0.4) is 0 Å². The Kier molecular flexibility index (Phi) is 4.53. The van der Waals surface area contributed by atoms with Crippen molar-refractivity contribution in [3.05, 3.63) is 63.7 Å². The molecule has 0 aliphatic rings. The summed E-state index contributed by atoms with van der Waals surface area (Å²) >= 11 is 6.14. The highest BCUT2D eigenvalue weighted by Gasteiger charge is 2.16. The molecule has 2 aromatic rings. The molecule has 0 aliphatic heterocycles. The molecule has 2 aromatic carbocycles. The van der Waals surface area contributed by atoms with Gasteiger partial charge < -0.3 is 10.6 Å². The fourth-order valence-corrected chi connectivity index (χ4v) is 2.45. The van der Waals surface area contributed by atoms with Crippen molar-refractivity contribution in [1.29, 1.82) is 0 Å². The van der Waals surface area contributed by atoms with Crippen LogP contribution in [0.1, 0.15) is 27.0 Å². The number of aryl methyl sites for hydroxylation is 2. The second kappa shape index (κ2) is 6.19. The molecule has 0 saturated heterocycles. The summed E-state index contributed by atoms with van der Waals surface area (Å²) in [7, 11) is 1.77. The smallest absolute Gasteiger partial charge is 0.254 e. The minimum Gasteiger partial charge on any atom is -0.398 e. The lowest BCUT2D eigenvalue weighted by Gasteiger charge is -2.20. The van der Waals surface area contributed by atoms with E-state index in [2.05, 4.69) is 0 Å². The molecule has 21 heavy (non-hydrogen) atoms. The molecular weight excluding hydrogens is 284 g/mol. The number of rotatable bonds is 3. The zero-order valence-corrected chi connectivity index (χ0v) is 13.2. The van der Waals surface area contributed by atoms with E-state index in [0.717, 1.165) is 16.7 Å². The van der Waals surface area contributed by atoms with Gasteiger partial charge in [-0.1, -0.05) is 35.9 Å². The lowest BCUT2D eigenvalue weighted by molar-refractivity contribution is 0.0784. The van der Waals surface area contributed by atoms with Crippen molar-refractivity contribution in [2.45, 2.75) is 20.4 Å². The van der Waals surface area contributed by atoms with Crippen LogP contribution in [-0.4, -0.2) is 17.9 Å². The number of nitrogens with two attached hydrogens (primary N) is 1. The van der Waals surface area contributed by atoms with Gasteiger partial charge in [-0.05, 0) is 42.7 Å². The molecule has 4 heteroatoms. The summed E-state index contributed by atoms with van der Waals surface area (Å²) in [6.07, 6.45) is 0. The number of anilines is 1. The van der Waals surface area contributed by atoms with E-state index in [4.69, 9.17) is 17.3 Å². The molecule has 0 heterocycles. The number of benzene rings is 2. The van der Waals surface area contributed by atoms with Gasteiger partial charge in [0.2, 0.25) is 0 Å². The van der Waals surface area contributed by atoms with E-state index < -0.39 is 0 Å². The largest absolute Gasteiger partial charge is 0.398 e. The molecule has 110 valence electrons. The number of nitrogen functional groups attached to an aromatic ring is 1. The van der Waals surface area contributed by atoms with Crippen molar-refractivity contribution in [3.63, 3.8) is 0 Å². The van der Waals surface area contributed by atoms with Gasteiger partial charge in [-0.25, -0.2) is 0 Å². The lowest BCUT2D eigenvalue weighted by Crippen LogP contribution is -2.27. The summed E-state index contributed by atoms with van der Waals surface area (Å²) in [4.78, 5) is 14.2. The Labute approximate surface area is 130 Å². The summed E-state index contributed by atoms with van der Waals surface area (Å²) in [5.74, 6) is -0.0564. The van der Waals surface area contributed by atoms with Crippen molar-refractivity contribution >= 4 is 23.2 Å². The molecule has 1 amide bonds. The Morgan fingerprint density at radius 1 is 1.19 bits per heavy atom. The molecular formula is C17H19ClN2O. The van der Waals surface area contributed by atoms with Crippen molar-refractivity contribution < 1.29 is 4.79 Å². The standard InChI is InChI=1S/C17H19ClN2O/c1-11-8-12(2)16(19)9-14(11)17(21)20(3)10-13-6-4-5-7-15(13)18/h4-9H,10,19H2,1-3H3. The normalized spacial score (nSPS) is 10.5. The average Bonchev–Trinajstić information content (AvgIpc) is 2.44. The predicted molar refractivity (Wildman–Crippen MR) is 87.6 cm³/mol. The van der Waals surface area contributed by atoms with Gasteiger partial charge in [0.1, 0.15) is 0 Å². The van der Waals surface area contributed by atoms with E-state index in [0.29, 0.717) is 22.8 Å². The second-order valence-corrected chi connectivity index (χ2v) is 5.68. The lowest BCUT2D eigenvalue weighted by atomic mass is 10.0. The van der Waals surface area contributed by atoms with Crippen LogP contribution in [0.25, 0.3) is 0 Å². The zero-order chi connectivity index (χ0) is 15.6. The number of amides is 1. The summed E-state index contributed by atoms with van der Waals surface area (Å²) in [5.41, 5.74) is 10.0. The molecule has 0 fully saturated rings. The van der Waals surface area contributed by atoms with E-state index in [9.17, 15) is 4.79 Å². The number of carbonyl (C=O) groups is 1. The Bertz CT molecular complexity index is 682. The van der Waals surface area contributed by atoms with Crippen molar-refractivity contribution in [1.82, 2.24) is 4.90 Å². The molecule has 0 aromatic heterocycles. The molecule has 2 N–H and O–H groups in total. The van der Waals surface area contributed by atoms with Gasteiger partial charge in [-0.2, -0.15) is 0 Å². The molecule has 0 radical (unpaired) electrons. The quantitative estimate of drug-likeness (QED) is 0.876. The monoisotopic (exact) mass is 302 g/mol. The van der Waals surface area contributed by atoms with Crippen LogP contribution in [0, 0.1) is 13.8 Å². The first-order chi connectivity index (χ1) is 9.90. The van der Waals surface area contributed by atoms with Gasteiger partial charge >= 0.3 is 0 Å². The van der Waals surface area contributed by atoms with E-state index in [1.54, 1.807) is 18.0 Å². The maximum absolute atomic E-state index is 12.6. The van der Waals surface area contributed by atoms with Crippen LogP contribution < -0.4 is 5.73 Å². The molecule has 0 saturated carbocycles. The van der Waals surface area contributed by atoms with E-state index in [1.165, 1.54) is 0 Å². The van der Waals surface area contributed by atoms with Crippen molar-refractivity contribution in [3.8, 4) is 0 Å². The summed E-state index contributed by atoms with van der Waals surface area (Å²) in [6, 6.07) is 11.2. The van der Waals surface area contributed by atoms with E-state index >= 15 is 0 Å². The van der Waals surface area contributed by atoms with Gasteiger partial charge in [0, 0.05) is 29.9 Å². The van der Waals surface area contributed by atoms with Crippen LogP contribution in [-0.2, 0) is 6.54 Å². The highest BCUT2D eigenvalue weighted by Crippen LogP contribution is 2.21. The predicted octanol–water partition coefficient (Wildman–Crippen LogP) is 3.81. The van der Waals surface area contributed by atoms with Gasteiger partial charge in [-0.3, -0.25) is 4.79 Å². The van der Waals surface area contributed by atoms with Gasteiger partial charge in [0.25, 0.3) is 5.91 Å². The number of carbonyl (C=O) groups excluding carboxylic acids is 1. The molecule has 0 unspecified atom stereocenters. The Hall–Kier alpha value is -2.00. The average molecular weight is 303 g/mol. The highest BCUT2D eigenvalue weighted by atomic mass is 35.5. The third-order valence-corrected chi connectivity index (χ3v) is 3.92. The molecule has 3 nitrogen and oxygen atoms in total. The number of hydrogen-bond acceptors (Lipinski definition) is 2. The Morgan fingerprint density at radius 2 is 1.86 bits per heavy atom. The van der Waals surface area contributed by atoms with Crippen molar-refractivity contribution in [2.24, 2.45) is 0 Å². The third-order valence-electron chi connectivity index (χ3n) is 3.56. The number of halogens is 1. The molecule has 0 spiro atoms. The fourth-order valence-electron chi connectivity index (χ4n) is 2.26. The maximum atomic E-state index is 12.6. The van der Waals surface area contributed by atoms with E-state index in [-0.39, 0.29) is 5.91 Å². The first-order valence-corrected chi connectivity index (χ1v) is 7.13. The molecule has 2 rings (SSSR count). The van der Waals surface area contributed by atoms with Crippen LogP contribution in [0.15, 0.2) is 36.4 Å². The van der Waals surface area contributed by atoms with Crippen LogP contribution in [0.2, 0.25) is 5.02 Å². The Morgan fingerprint density at radius 3 is 2.52 bits per heavy atom. The van der Waals surface area contributed by atoms with Gasteiger partial charge in [0.05, 0.1) is 0 Å². The van der Waals surface area contributed by atoms with Gasteiger partial charge in [0.15, 0.2) is 0 Å². The summed E-state index contributed by atoms with van der Waals surface area (Å²) < 4.78 is 0. The van der Waals surface area contributed by atoms with Crippen LogP contribution in [0.5, 0.6) is 0 Å².